The zero-order valence-electron chi connectivity index (χ0n) is 34.7. The highest BCUT2D eigenvalue weighted by Gasteiger charge is 2.30. The number of nitrogens with one attached hydrogen (secondary N) is 4. The first-order valence-electron chi connectivity index (χ1n) is 19.5. The molecule has 0 aromatic heterocycles. The van der Waals surface area contributed by atoms with E-state index in [1.54, 1.807) is 0 Å². The largest absolute Gasteiger partial charge is 0.481 e. The molecule has 4 amide bonds. The summed E-state index contributed by atoms with van der Waals surface area (Å²) in [6.07, 6.45) is -0.0846. The number of hydrogen-bond acceptors (Lipinski definition) is 17. The number of aliphatic carboxylic acids is 2. The van der Waals surface area contributed by atoms with Crippen LogP contribution in [-0.4, -0.2) is 151 Å². The van der Waals surface area contributed by atoms with Gasteiger partial charge in [-0.25, -0.2) is 19.2 Å². The molecule has 0 spiro atoms. The average molecular weight is 900 g/mol. The minimum atomic E-state index is -1.76. The number of rotatable bonds is 35. The highest BCUT2D eigenvalue weighted by molar-refractivity contribution is 5.95. The first-order valence-corrected chi connectivity index (χ1v) is 19.5. The summed E-state index contributed by atoms with van der Waals surface area (Å²) in [5, 5.41) is 36.5. The summed E-state index contributed by atoms with van der Waals surface area (Å²) in [6.45, 7) is 3.19. The van der Waals surface area contributed by atoms with Gasteiger partial charge in [-0.05, 0) is 25.7 Å². The molecular weight excluding hydrogens is 842 g/mol. The van der Waals surface area contributed by atoms with Crippen LogP contribution in [-0.2, 0) is 66.9 Å². The first-order chi connectivity index (χ1) is 29.8. The second-order valence-electron chi connectivity index (χ2n) is 13.3. The number of aliphatic hydroxyl groups excluding tert-OH is 1. The van der Waals surface area contributed by atoms with E-state index in [1.807, 2.05) is 5.32 Å². The second kappa shape index (κ2) is 32.8. The van der Waals surface area contributed by atoms with Gasteiger partial charge in [0, 0.05) is 43.9 Å². The number of carbonyl (C=O) groups excluding carboxylic acids is 9. The van der Waals surface area contributed by atoms with Crippen molar-refractivity contribution >= 4 is 71.2 Å². The molecule has 0 aliphatic carbocycles. The predicted molar refractivity (Wildman–Crippen MR) is 216 cm³/mol. The Morgan fingerprint density at radius 3 is 1.71 bits per heavy atom. The zero-order chi connectivity index (χ0) is 47.7. The summed E-state index contributed by atoms with van der Waals surface area (Å²) in [5.74, 6) is -12.2. The van der Waals surface area contributed by atoms with Gasteiger partial charge in [-0.3, -0.25) is 38.6 Å². The fourth-order valence-corrected chi connectivity index (χ4v) is 5.16. The van der Waals surface area contributed by atoms with Crippen LogP contribution in [0.4, 0.5) is 4.79 Å². The second-order valence-corrected chi connectivity index (χ2v) is 13.3. The number of ether oxygens (including phenoxy) is 4. The number of alkyl carbamates (subject to hydrolysis) is 1. The topological polar surface area (TPSA) is 398 Å². The third-order valence-electron chi connectivity index (χ3n) is 8.30. The lowest BCUT2D eigenvalue weighted by atomic mass is 9.95. The normalized spacial score (nSPS) is 12.3. The number of Topliss-reactive ketones (excluding diaryl/α,β-unsaturated/α-hetero) is 2. The number of amides is 4. The average Bonchev–Trinajstić information content (AvgIpc) is 3.23. The molecule has 4 atom stereocenters. The van der Waals surface area contributed by atoms with Crippen LogP contribution in [0, 0.1) is 11.8 Å². The molecular formula is C38H57N7O18. The number of guanidine groups is 1. The summed E-state index contributed by atoms with van der Waals surface area (Å²) in [6, 6.07) is -3.02. The Hall–Kier alpha value is -6.92. The van der Waals surface area contributed by atoms with Gasteiger partial charge in [-0.15, -0.1) is 0 Å². The molecule has 0 radical (unpaired) electrons. The maximum atomic E-state index is 13.2. The van der Waals surface area contributed by atoms with Gasteiger partial charge in [0.2, 0.25) is 17.7 Å². The smallest absolute Gasteiger partial charge is 0.407 e. The van der Waals surface area contributed by atoms with E-state index < -0.39 is 128 Å². The zero-order valence-corrected chi connectivity index (χ0v) is 34.7. The van der Waals surface area contributed by atoms with Crippen molar-refractivity contribution in [2.75, 3.05) is 52.7 Å². The molecule has 11 N–H and O–H groups in total. The van der Waals surface area contributed by atoms with Crippen molar-refractivity contribution in [3.8, 4) is 0 Å². The van der Waals surface area contributed by atoms with Crippen LogP contribution in [0.15, 0.2) is 30.3 Å². The molecule has 0 aromatic carbocycles. The lowest BCUT2D eigenvalue weighted by Crippen LogP contribution is -2.48. The van der Waals surface area contributed by atoms with Gasteiger partial charge < -0.3 is 67.0 Å². The first kappa shape index (κ1) is 56.1. The van der Waals surface area contributed by atoms with Gasteiger partial charge in [0.05, 0.1) is 32.0 Å². The Morgan fingerprint density at radius 2 is 1.17 bits per heavy atom. The van der Waals surface area contributed by atoms with Gasteiger partial charge in [-0.1, -0.05) is 26.0 Å². The van der Waals surface area contributed by atoms with E-state index in [4.69, 9.17) is 35.5 Å². The Balaban J connectivity index is 5.60. The Kier molecular flexibility index (Phi) is 29.2. The van der Waals surface area contributed by atoms with Crippen LogP contribution in [0.1, 0.15) is 64.2 Å². The van der Waals surface area contributed by atoms with Crippen molar-refractivity contribution in [3.63, 3.8) is 0 Å². The maximum absolute atomic E-state index is 13.2. The third-order valence-corrected chi connectivity index (χ3v) is 8.30. The van der Waals surface area contributed by atoms with Crippen molar-refractivity contribution < 1.29 is 87.0 Å². The van der Waals surface area contributed by atoms with E-state index in [1.165, 1.54) is 0 Å². The number of esters is 3. The number of hydrogen-bond donors (Lipinski definition) is 9. The van der Waals surface area contributed by atoms with Gasteiger partial charge in [-0.2, -0.15) is 0 Å². The Labute approximate surface area is 361 Å². The summed E-state index contributed by atoms with van der Waals surface area (Å²) in [5.41, 5.74) is 10.7. The Bertz CT molecular complexity index is 1650. The molecule has 352 valence electrons. The molecule has 0 bridgehead atoms. The third kappa shape index (κ3) is 28.3. The molecule has 63 heavy (non-hydrogen) atoms. The molecule has 0 aliphatic heterocycles. The fourth-order valence-electron chi connectivity index (χ4n) is 5.16. The van der Waals surface area contributed by atoms with Crippen LogP contribution in [0.3, 0.4) is 0 Å². The van der Waals surface area contributed by atoms with E-state index in [0.29, 0.717) is 12.8 Å². The molecule has 0 rings (SSSR count). The number of aliphatic hydroxyl groups is 1. The van der Waals surface area contributed by atoms with E-state index in [-0.39, 0.29) is 71.0 Å². The molecule has 0 aliphatic rings. The van der Waals surface area contributed by atoms with Gasteiger partial charge >= 0.3 is 35.9 Å². The summed E-state index contributed by atoms with van der Waals surface area (Å²) in [7, 11) is 0. The van der Waals surface area contributed by atoms with E-state index >= 15 is 0 Å². The molecule has 0 saturated heterocycles. The summed E-state index contributed by atoms with van der Waals surface area (Å²) >= 11 is 0. The van der Waals surface area contributed by atoms with Crippen LogP contribution >= 0.6 is 0 Å². The molecule has 25 heteroatoms. The summed E-state index contributed by atoms with van der Waals surface area (Å²) in [4.78, 5) is 138. The Morgan fingerprint density at radius 1 is 0.619 bits per heavy atom. The molecule has 0 unspecified atom stereocenters. The van der Waals surface area contributed by atoms with Crippen molar-refractivity contribution in [2.45, 2.75) is 76.3 Å². The minimum Gasteiger partial charge on any atom is -0.481 e. The standard InChI is InChI=1S/C38H57N7O18/c1-3-30(51)60-13-14-62-32(53)11-7-5-6-10-27(45-38(59)63-16-15-61-31(52)4-2)35(56)43-21-25(47)17-23(9-8-12-41-37(39)40)33(54)42-20-26(48)18-24(19-29(49)50)34(55)44-28(22-46)36(57)58/h3-4,23-24,27-28,46H,1-2,5-22H2,(H,42,54)(H,43,56)(H,44,55)(H,45,59)(H,49,50)(H,57,58)(H4,39,40,41)/t23-,24+,27+,28+/m1/s1. The predicted octanol–water partition coefficient (Wildman–Crippen LogP) is -2.49. The highest BCUT2D eigenvalue weighted by Crippen LogP contribution is 2.15. The lowest BCUT2D eigenvalue weighted by molar-refractivity contribution is -0.149. The van der Waals surface area contributed by atoms with Crippen LogP contribution in [0.25, 0.3) is 0 Å². The maximum Gasteiger partial charge on any atom is 0.407 e. The van der Waals surface area contributed by atoms with Crippen molar-refractivity contribution in [1.82, 2.24) is 21.3 Å². The van der Waals surface area contributed by atoms with Crippen LogP contribution < -0.4 is 32.7 Å². The quantitative estimate of drug-likeness (QED) is 0.00793. The highest BCUT2D eigenvalue weighted by atomic mass is 16.6. The van der Waals surface area contributed by atoms with Gasteiger partial charge in [0.1, 0.15) is 38.5 Å². The van der Waals surface area contributed by atoms with Crippen molar-refractivity contribution in [1.29, 1.82) is 0 Å². The summed E-state index contributed by atoms with van der Waals surface area (Å²) < 4.78 is 19.4. The number of carboxylic acid groups (broad SMARTS) is 2. The molecule has 25 nitrogen and oxygen atoms in total. The minimum absolute atomic E-state index is 0.00265. The fraction of sp³-hybridized carbons (Fsp3) is 0.579. The molecule has 0 heterocycles. The van der Waals surface area contributed by atoms with Crippen LogP contribution in [0.5, 0.6) is 0 Å². The van der Waals surface area contributed by atoms with Gasteiger partial charge in [0.15, 0.2) is 17.5 Å². The lowest BCUT2D eigenvalue weighted by Gasteiger charge is -2.20. The van der Waals surface area contributed by atoms with Crippen LogP contribution in [0.2, 0.25) is 0 Å². The number of nitrogens with two attached hydrogens (primary N) is 2. The van der Waals surface area contributed by atoms with Crippen molar-refractivity contribution in [2.24, 2.45) is 28.3 Å². The van der Waals surface area contributed by atoms with Crippen molar-refractivity contribution in [3.05, 3.63) is 25.3 Å². The number of aliphatic imine (C=N–C) groups is 1. The van der Waals surface area contributed by atoms with E-state index in [9.17, 15) is 63.0 Å². The molecule has 0 fully saturated rings. The number of nitrogens with zero attached hydrogens (tertiary/aromatic N) is 1. The SMILES string of the molecule is C=CC(=O)OCCOC(=O)CCCCC[C@H](NC(=O)OCCOC(=O)C=C)C(=O)NCC(=O)C[C@@H](CCCN=C(N)N)C(=O)NCC(=O)C[C@@H](CC(=O)O)C(=O)N[C@@H](CO)C(=O)O. The monoisotopic (exact) mass is 899 g/mol. The number of ketones is 2. The molecule has 0 saturated carbocycles. The van der Waals surface area contributed by atoms with E-state index in [0.717, 1.165) is 12.2 Å². The number of unbranched alkanes of at least 4 members (excludes halogenated alkanes) is 2. The van der Waals surface area contributed by atoms with Gasteiger partial charge in [0.25, 0.3) is 0 Å². The number of carboxylic acids is 2. The molecule has 0 aromatic rings. The number of carbonyl (C=O) groups is 11. The van der Waals surface area contributed by atoms with E-state index in [2.05, 4.69) is 34.1 Å².